The Bertz CT molecular complexity index is 665. The number of hydrogen-bond acceptors (Lipinski definition) is 3. The summed E-state index contributed by atoms with van der Waals surface area (Å²) in [5.41, 5.74) is -0.435. The Balaban J connectivity index is 3.53. The molecular formula is C12H15ClF2N2O3S. The molecule has 0 spiro atoms. The molecule has 21 heavy (non-hydrogen) atoms. The molecule has 9 heteroatoms. The van der Waals surface area contributed by atoms with Crippen molar-refractivity contribution in [2.45, 2.75) is 25.2 Å². The Morgan fingerprint density at radius 3 is 2.38 bits per heavy atom. The summed E-state index contributed by atoms with van der Waals surface area (Å²) in [4.78, 5) is 12.4. The second-order valence-electron chi connectivity index (χ2n) is 4.29. The second kappa shape index (κ2) is 6.67. The van der Waals surface area contributed by atoms with Gasteiger partial charge in [0.25, 0.3) is 5.91 Å². The summed E-state index contributed by atoms with van der Waals surface area (Å²) >= 11 is 5.75. The molecular weight excluding hydrogens is 326 g/mol. The third-order valence-electron chi connectivity index (χ3n) is 2.79. The number of amides is 1. The van der Waals surface area contributed by atoms with Crippen LogP contribution in [0.5, 0.6) is 0 Å². The Hall–Kier alpha value is -1.25. The highest BCUT2D eigenvalue weighted by atomic mass is 35.5. The molecule has 1 aromatic carbocycles. The standard InChI is InChI=1S/C12H15ClF2N2O3S/c1-3-5-17(4-2)12(18)7-6-8(14)10(15)11(9(7)13)21(16,19)20/h6H,3-5H2,1-2H3,(H2,16,19,20). The highest BCUT2D eigenvalue weighted by Gasteiger charge is 2.29. The van der Waals surface area contributed by atoms with Crippen molar-refractivity contribution in [2.75, 3.05) is 13.1 Å². The van der Waals surface area contributed by atoms with Crippen molar-refractivity contribution >= 4 is 27.5 Å². The average Bonchev–Trinajstić information content (AvgIpc) is 2.38. The van der Waals surface area contributed by atoms with Crippen LogP contribution in [0, 0.1) is 11.6 Å². The largest absolute Gasteiger partial charge is 0.339 e. The number of rotatable bonds is 5. The molecule has 0 unspecified atom stereocenters. The summed E-state index contributed by atoms with van der Waals surface area (Å²) in [5.74, 6) is -3.88. The molecule has 0 bridgehead atoms. The Morgan fingerprint density at radius 2 is 1.95 bits per heavy atom. The first-order chi connectivity index (χ1) is 9.65. The van der Waals surface area contributed by atoms with E-state index in [2.05, 4.69) is 0 Å². The van der Waals surface area contributed by atoms with E-state index < -0.39 is 43.0 Å². The number of sulfonamides is 1. The van der Waals surface area contributed by atoms with Crippen molar-refractivity contribution < 1.29 is 22.0 Å². The van der Waals surface area contributed by atoms with Crippen LogP contribution in [0.15, 0.2) is 11.0 Å². The topological polar surface area (TPSA) is 80.5 Å². The number of carbonyl (C=O) groups excluding carboxylic acids is 1. The Kier molecular flexibility index (Phi) is 5.66. The summed E-state index contributed by atoms with van der Waals surface area (Å²) in [7, 11) is -4.61. The molecule has 0 heterocycles. The molecule has 0 aliphatic heterocycles. The zero-order valence-corrected chi connectivity index (χ0v) is 13.1. The van der Waals surface area contributed by atoms with E-state index in [0.717, 1.165) is 0 Å². The van der Waals surface area contributed by atoms with Gasteiger partial charge < -0.3 is 4.90 Å². The first kappa shape index (κ1) is 17.8. The van der Waals surface area contributed by atoms with E-state index in [0.29, 0.717) is 25.6 Å². The van der Waals surface area contributed by atoms with Gasteiger partial charge in [0.15, 0.2) is 11.6 Å². The van der Waals surface area contributed by atoms with Gasteiger partial charge in [0.1, 0.15) is 4.90 Å². The minimum absolute atomic E-state index is 0.312. The van der Waals surface area contributed by atoms with Crippen molar-refractivity contribution in [3.8, 4) is 0 Å². The van der Waals surface area contributed by atoms with Crippen molar-refractivity contribution in [2.24, 2.45) is 5.14 Å². The monoisotopic (exact) mass is 340 g/mol. The number of benzene rings is 1. The van der Waals surface area contributed by atoms with Crippen LogP contribution in [0.25, 0.3) is 0 Å². The molecule has 0 aliphatic rings. The maximum absolute atomic E-state index is 13.6. The number of hydrogen-bond donors (Lipinski definition) is 1. The molecule has 0 saturated carbocycles. The molecule has 1 amide bonds. The summed E-state index contributed by atoms with van der Waals surface area (Å²) in [6, 6.07) is 0.576. The number of nitrogens with zero attached hydrogens (tertiary/aromatic N) is 1. The van der Waals surface area contributed by atoms with Gasteiger partial charge in [-0.2, -0.15) is 0 Å². The summed E-state index contributed by atoms with van der Waals surface area (Å²) in [6.07, 6.45) is 0.642. The summed E-state index contributed by atoms with van der Waals surface area (Å²) in [5, 5.41) is 4.11. The predicted molar refractivity (Wildman–Crippen MR) is 74.6 cm³/mol. The van der Waals surface area contributed by atoms with Crippen LogP contribution < -0.4 is 5.14 Å². The van der Waals surface area contributed by atoms with Crippen LogP contribution in [0.1, 0.15) is 30.6 Å². The molecule has 0 radical (unpaired) electrons. The van der Waals surface area contributed by atoms with Crippen LogP contribution in [-0.4, -0.2) is 32.3 Å². The Morgan fingerprint density at radius 1 is 1.38 bits per heavy atom. The highest BCUT2D eigenvalue weighted by molar-refractivity contribution is 7.89. The number of carbonyl (C=O) groups is 1. The third-order valence-corrected chi connectivity index (χ3v) is 4.25. The minimum atomic E-state index is -4.61. The van der Waals surface area contributed by atoms with E-state index in [1.807, 2.05) is 6.92 Å². The lowest BCUT2D eigenvalue weighted by atomic mass is 10.1. The molecule has 1 aromatic rings. The van der Waals surface area contributed by atoms with Gasteiger partial charge in [-0.15, -0.1) is 0 Å². The molecule has 5 nitrogen and oxygen atoms in total. The number of primary sulfonamides is 1. The van der Waals surface area contributed by atoms with E-state index in [4.69, 9.17) is 16.7 Å². The van der Waals surface area contributed by atoms with Crippen LogP contribution in [0.2, 0.25) is 5.02 Å². The fourth-order valence-corrected chi connectivity index (χ4v) is 3.08. The van der Waals surface area contributed by atoms with Crippen LogP contribution in [-0.2, 0) is 10.0 Å². The second-order valence-corrected chi connectivity index (χ2v) is 6.17. The maximum atomic E-state index is 13.6. The Labute approximate surface area is 126 Å². The van der Waals surface area contributed by atoms with Gasteiger partial charge >= 0.3 is 0 Å². The predicted octanol–water partition coefficient (Wildman–Crippen LogP) is 2.14. The van der Waals surface area contributed by atoms with Crippen LogP contribution in [0.3, 0.4) is 0 Å². The van der Waals surface area contributed by atoms with Crippen molar-refractivity contribution in [3.05, 3.63) is 28.3 Å². The van der Waals surface area contributed by atoms with E-state index in [1.165, 1.54) is 4.90 Å². The van der Waals surface area contributed by atoms with E-state index in [-0.39, 0.29) is 0 Å². The van der Waals surface area contributed by atoms with Gasteiger partial charge in [-0.05, 0) is 19.4 Å². The fourth-order valence-electron chi connectivity index (χ4n) is 1.83. The van der Waals surface area contributed by atoms with Crippen LogP contribution in [0.4, 0.5) is 8.78 Å². The zero-order chi connectivity index (χ0) is 16.4. The van der Waals surface area contributed by atoms with E-state index in [1.54, 1.807) is 6.92 Å². The minimum Gasteiger partial charge on any atom is -0.339 e. The van der Waals surface area contributed by atoms with Crippen molar-refractivity contribution in [1.29, 1.82) is 0 Å². The quantitative estimate of drug-likeness (QED) is 0.834. The molecule has 0 aliphatic carbocycles. The lowest BCUT2D eigenvalue weighted by Crippen LogP contribution is -2.32. The number of nitrogens with two attached hydrogens (primary N) is 1. The normalized spacial score (nSPS) is 11.5. The first-order valence-corrected chi connectivity index (χ1v) is 8.07. The molecule has 0 atom stereocenters. The molecule has 1 rings (SSSR count). The SMILES string of the molecule is CCCN(CC)C(=O)c1cc(F)c(F)c(S(N)(=O)=O)c1Cl. The fraction of sp³-hybridized carbons (Fsp3) is 0.417. The van der Waals surface area contributed by atoms with Gasteiger partial charge in [0.2, 0.25) is 10.0 Å². The molecule has 0 aromatic heterocycles. The number of halogens is 3. The highest BCUT2D eigenvalue weighted by Crippen LogP contribution is 2.30. The summed E-state index contributed by atoms with van der Waals surface area (Å²) < 4.78 is 49.8. The van der Waals surface area contributed by atoms with Crippen molar-refractivity contribution in [3.63, 3.8) is 0 Å². The average molecular weight is 341 g/mol. The van der Waals surface area contributed by atoms with E-state index >= 15 is 0 Å². The third kappa shape index (κ3) is 3.69. The molecule has 0 saturated heterocycles. The lowest BCUT2D eigenvalue weighted by Gasteiger charge is -2.21. The smallest absolute Gasteiger partial charge is 0.255 e. The first-order valence-electron chi connectivity index (χ1n) is 6.14. The molecule has 118 valence electrons. The summed E-state index contributed by atoms with van der Waals surface area (Å²) in [6.45, 7) is 4.21. The van der Waals surface area contributed by atoms with Gasteiger partial charge in [0, 0.05) is 13.1 Å². The maximum Gasteiger partial charge on any atom is 0.255 e. The van der Waals surface area contributed by atoms with Crippen molar-refractivity contribution in [1.82, 2.24) is 4.90 Å². The molecule has 2 N–H and O–H groups in total. The lowest BCUT2D eigenvalue weighted by molar-refractivity contribution is 0.0763. The van der Waals surface area contributed by atoms with Gasteiger partial charge in [0.05, 0.1) is 10.6 Å². The van der Waals surface area contributed by atoms with Gasteiger partial charge in [-0.25, -0.2) is 22.3 Å². The van der Waals surface area contributed by atoms with E-state index in [9.17, 15) is 22.0 Å². The van der Waals surface area contributed by atoms with Gasteiger partial charge in [-0.1, -0.05) is 18.5 Å². The molecule has 0 fully saturated rings. The zero-order valence-electron chi connectivity index (χ0n) is 11.5. The van der Waals surface area contributed by atoms with Crippen LogP contribution >= 0.6 is 11.6 Å². The van der Waals surface area contributed by atoms with Gasteiger partial charge in [-0.3, -0.25) is 4.79 Å².